The Bertz CT molecular complexity index is 561. The Balaban J connectivity index is 1.87. The molecule has 2 rings (SSSR count). The van der Waals surface area contributed by atoms with Gasteiger partial charge >= 0.3 is 6.09 Å². The van der Waals surface area contributed by atoms with Gasteiger partial charge in [0.1, 0.15) is 0 Å². The lowest BCUT2D eigenvalue weighted by molar-refractivity contribution is -0.917. The molecule has 0 unspecified atom stereocenters. The molecule has 2 heterocycles. The Morgan fingerprint density at radius 3 is 2.78 bits per heavy atom. The molecule has 0 radical (unpaired) electrons. The number of carbonyl (C=O) groups is 2. The smallest absolute Gasteiger partial charge is 0.410 e. The van der Waals surface area contributed by atoms with Crippen LogP contribution in [0, 0.1) is 0 Å². The molecule has 2 N–H and O–H groups in total. The van der Waals surface area contributed by atoms with Gasteiger partial charge in [-0.2, -0.15) is 0 Å². The molecule has 0 aliphatic carbocycles. The van der Waals surface area contributed by atoms with Crippen LogP contribution in [0.3, 0.4) is 0 Å². The highest BCUT2D eigenvalue weighted by molar-refractivity contribution is 6.32. The van der Waals surface area contributed by atoms with Gasteiger partial charge in [-0.05, 0) is 26.0 Å². The maximum absolute atomic E-state index is 12.4. The zero-order chi connectivity index (χ0) is 16.8. The van der Waals surface area contributed by atoms with Gasteiger partial charge in [-0.15, -0.1) is 0 Å². The third-order valence-electron chi connectivity index (χ3n) is 3.95. The number of hydrogen-bond donors (Lipinski definition) is 2. The fourth-order valence-electron chi connectivity index (χ4n) is 2.53. The van der Waals surface area contributed by atoms with Crippen molar-refractivity contribution >= 4 is 29.3 Å². The Morgan fingerprint density at radius 1 is 1.48 bits per heavy atom. The normalized spacial score (nSPS) is 16.7. The number of anilines is 1. The number of quaternary nitrogens is 1. The summed E-state index contributed by atoms with van der Waals surface area (Å²) < 4.78 is 4.99. The summed E-state index contributed by atoms with van der Waals surface area (Å²) in [5, 5.41) is 3.08. The monoisotopic (exact) mass is 341 g/mol. The van der Waals surface area contributed by atoms with Crippen LogP contribution < -0.4 is 10.2 Å². The first-order valence-corrected chi connectivity index (χ1v) is 8.08. The summed E-state index contributed by atoms with van der Waals surface area (Å²) in [6.45, 7) is 6.60. The largest absolute Gasteiger partial charge is 0.450 e. The highest BCUT2D eigenvalue weighted by Gasteiger charge is 2.31. The van der Waals surface area contributed by atoms with E-state index in [0.717, 1.165) is 4.90 Å². The molecule has 1 aromatic rings. The lowest BCUT2D eigenvalue weighted by Crippen LogP contribution is -3.19. The van der Waals surface area contributed by atoms with Crippen molar-refractivity contribution < 1.29 is 19.2 Å². The molecule has 0 bridgehead atoms. The van der Waals surface area contributed by atoms with E-state index in [1.54, 1.807) is 30.2 Å². The van der Waals surface area contributed by atoms with Crippen molar-refractivity contribution in [1.82, 2.24) is 9.88 Å². The van der Waals surface area contributed by atoms with E-state index in [1.807, 2.05) is 6.92 Å². The minimum absolute atomic E-state index is 0.112. The molecule has 1 fully saturated rings. The second-order valence-electron chi connectivity index (χ2n) is 5.40. The Hall–Kier alpha value is -1.86. The van der Waals surface area contributed by atoms with Crippen LogP contribution in [-0.4, -0.2) is 60.7 Å². The Kier molecular flexibility index (Phi) is 6.18. The molecule has 1 saturated heterocycles. The maximum Gasteiger partial charge on any atom is 0.410 e. The van der Waals surface area contributed by atoms with Crippen molar-refractivity contribution in [3.63, 3.8) is 0 Å². The van der Waals surface area contributed by atoms with Crippen molar-refractivity contribution in [3.8, 4) is 0 Å². The van der Waals surface area contributed by atoms with Gasteiger partial charge < -0.3 is 15.0 Å². The van der Waals surface area contributed by atoms with Crippen LogP contribution in [0.5, 0.6) is 0 Å². The maximum atomic E-state index is 12.4. The van der Waals surface area contributed by atoms with E-state index in [9.17, 15) is 9.59 Å². The number of nitrogens with zero attached hydrogens (tertiary/aromatic N) is 2. The van der Waals surface area contributed by atoms with E-state index in [0.29, 0.717) is 38.5 Å². The molecule has 126 valence electrons. The van der Waals surface area contributed by atoms with Crippen LogP contribution in [0.4, 0.5) is 10.5 Å². The number of pyridine rings is 1. The summed E-state index contributed by atoms with van der Waals surface area (Å²) in [5.41, 5.74) is 0.510. The van der Waals surface area contributed by atoms with Crippen LogP contribution in [-0.2, 0) is 9.53 Å². The van der Waals surface area contributed by atoms with Crippen LogP contribution >= 0.6 is 11.6 Å². The summed E-state index contributed by atoms with van der Waals surface area (Å²) in [4.78, 5) is 30.8. The predicted molar refractivity (Wildman–Crippen MR) is 86.6 cm³/mol. The van der Waals surface area contributed by atoms with Gasteiger partial charge in [-0.25, -0.2) is 9.78 Å². The average Bonchev–Trinajstić information content (AvgIpc) is 2.56. The molecule has 0 saturated carbocycles. The number of rotatable bonds is 4. The minimum atomic E-state index is -0.286. The topological polar surface area (TPSA) is 76.0 Å². The van der Waals surface area contributed by atoms with E-state index < -0.39 is 0 Å². The number of nitrogens with one attached hydrogen (secondary N) is 2. The molecule has 0 spiro atoms. The number of piperazine rings is 1. The molecular weight excluding hydrogens is 320 g/mol. The zero-order valence-corrected chi connectivity index (χ0v) is 14.1. The number of hydrogen-bond acceptors (Lipinski definition) is 4. The molecular formula is C15H22ClN4O3+. The summed E-state index contributed by atoms with van der Waals surface area (Å²) >= 11 is 5.95. The van der Waals surface area contributed by atoms with Gasteiger partial charge in [0.25, 0.3) is 5.91 Å². The molecule has 1 aliphatic rings. The van der Waals surface area contributed by atoms with Crippen LogP contribution in [0.25, 0.3) is 0 Å². The predicted octanol–water partition coefficient (Wildman–Crippen LogP) is 0.419. The third-order valence-corrected chi connectivity index (χ3v) is 4.26. The fourth-order valence-corrected chi connectivity index (χ4v) is 2.70. The molecule has 23 heavy (non-hydrogen) atoms. The molecule has 1 aliphatic heterocycles. The van der Waals surface area contributed by atoms with Crippen molar-refractivity contribution in [2.75, 3.05) is 38.1 Å². The third kappa shape index (κ3) is 4.56. The summed E-state index contributed by atoms with van der Waals surface area (Å²) in [5.74, 6) is -0.112. The van der Waals surface area contributed by atoms with E-state index in [4.69, 9.17) is 16.3 Å². The van der Waals surface area contributed by atoms with Gasteiger partial charge in [0.15, 0.2) is 11.2 Å². The Morgan fingerprint density at radius 2 is 2.17 bits per heavy atom. The SMILES string of the molecule is CCOC(=O)N1CC[NH+]([C@H](C)C(=O)Nc2cccnc2Cl)CC1. The van der Waals surface area contributed by atoms with Crippen molar-refractivity contribution in [3.05, 3.63) is 23.5 Å². The summed E-state index contributed by atoms with van der Waals surface area (Å²) in [7, 11) is 0. The van der Waals surface area contributed by atoms with Gasteiger partial charge in [0.05, 0.1) is 38.5 Å². The lowest BCUT2D eigenvalue weighted by Gasteiger charge is -2.34. The van der Waals surface area contributed by atoms with E-state index >= 15 is 0 Å². The molecule has 0 aromatic carbocycles. The first-order chi connectivity index (χ1) is 11.0. The molecule has 2 amide bonds. The van der Waals surface area contributed by atoms with Crippen LogP contribution in [0.2, 0.25) is 5.15 Å². The lowest BCUT2D eigenvalue weighted by atomic mass is 10.2. The van der Waals surface area contributed by atoms with Gasteiger partial charge in [0.2, 0.25) is 0 Å². The van der Waals surface area contributed by atoms with Crippen molar-refractivity contribution in [1.29, 1.82) is 0 Å². The van der Waals surface area contributed by atoms with Crippen molar-refractivity contribution in [2.45, 2.75) is 19.9 Å². The average molecular weight is 342 g/mol. The number of carbonyl (C=O) groups excluding carboxylic acids is 2. The fraction of sp³-hybridized carbons (Fsp3) is 0.533. The Labute approximate surface area is 140 Å². The molecule has 8 heteroatoms. The summed E-state index contributed by atoms with van der Waals surface area (Å²) in [6.07, 6.45) is 1.28. The number of aromatic nitrogens is 1. The van der Waals surface area contributed by atoms with Gasteiger partial charge in [-0.3, -0.25) is 9.69 Å². The van der Waals surface area contributed by atoms with Crippen molar-refractivity contribution in [2.24, 2.45) is 0 Å². The highest BCUT2D eigenvalue weighted by atomic mass is 35.5. The van der Waals surface area contributed by atoms with Gasteiger partial charge in [0, 0.05) is 6.20 Å². The van der Waals surface area contributed by atoms with E-state index in [2.05, 4.69) is 10.3 Å². The van der Waals surface area contributed by atoms with E-state index in [-0.39, 0.29) is 23.2 Å². The van der Waals surface area contributed by atoms with Gasteiger partial charge in [-0.1, -0.05) is 11.6 Å². The van der Waals surface area contributed by atoms with Crippen LogP contribution in [0.1, 0.15) is 13.8 Å². The van der Waals surface area contributed by atoms with E-state index in [1.165, 1.54) is 0 Å². The number of amides is 2. The summed E-state index contributed by atoms with van der Waals surface area (Å²) in [6, 6.07) is 3.20. The number of ether oxygens (including phenoxy) is 1. The first kappa shape index (κ1) is 17.5. The molecule has 1 atom stereocenters. The van der Waals surface area contributed by atoms with Crippen LogP contribution in [0.15, 0.2) is 18.3 Å². The molecule has 7 nitrogen and oxygen atoms in total. The first-order valence-electron chi connectivity index (χ1n) is 7.70. The quantitative estimate of drug-likeness (QED) is 0.778. The standard InChI is InChI=1S/C15H21ClN4O3/c1-3-23-15(22)20-9-7-19(8-10-20)11(2)14(21)18-12-5-4-6-17-13(12)16/h4-6,11H,3,7-10H2,1-2H3,(H,18,21)/p+1/t11-/m1/s1. The molecule has 1 aromatic heterocycles. The number of halogens is 1. The second kappa shape index (κ2) is 8.12. The minimum Gasteiger partial charge on any atom is -0.450 e. The zero-order valence-electron chi connectivity index (χ0n) is 13.3. The highest BCUT2D eigenvalue weighted by Crippen LogP contribution is 2.17. The second-order valence-corrected chi connectivity index (χ2v) is 5.75.